The van der Waals surface area contributed by atoms with Gasteiger partial charge in [0.1, 0.15) is 0 Å². The first-order valence-corrected chi connectivity index (χ1v) is 8.42. The van der Waals surface area contributed by atoms with E-state index in [1.165, 1.54) is 0 Å². The summed E-state index contributed by atoms with van der Waals surface area (Å²) in [5, 5.41) is 3.28. The third-order valence-electron chi connectivity index (χ3n) is 3.89. The summed E-state index contributed by atoms with van der Waals surface area (Å²) in [6.07, 6.45) is 3.49. The predicted octanol–water partition coefficient (Wildman–Crippen LogP) is 3.86. The van der Waals surface area contributed by atoms with Crippen molar-refractivity contribution in [3.63, 3.8) is 0 Å². The van der Waals surface area contributed by atoms with Crippen LogP contribution >= 0.6 is 0 Å². The number of amides is 1. The van der Waals surface area contributed by atoms with E-state index in [0.717, 1.165) is 22.4 Å². The molecule has 0 aliphatic carbocycles. The number of aryl methyl sites for hydroxylation is 1. The van der Waals surface area contributed by atoms with Gasteiger partial charge < -0.3 is 5.32 Å². The number of carbonyl (C=O) groups is 1. The van der Waals surface area contributed by atoms with Crippen LogP contribution in [-0.4, -0.2) is 10.9 Å². The van der Waals surface area contributed by atoms with E-state index in [4.69, 9.17) is 4.84 Å². The maximum atomic E-state index is 12.4. The number of hydrogen-bond donors (Lipinski definition) is 2. The van der Waals surface area contributed by atoms with Crippen LogP contribution in [0, 0.1) is 6.92 Å². The molecule has 0 fully saturated rings. The topological polar surface area (TPSA) is 63.2 Å². The summed E-state index contributed by atoms with van der Waals surface area (Å²) in [6, 6.07) is 19.2. The van der Waals surface area contributed by atoms with Gasteiger partial charge in [-0.25, -0.2) is 5.48 Å². The highest BCUT2D eigenvalue weighted by Crippen LogP contribution is 2.16. The van der Waals surface area contributed by atoms with E-state index in [9.17, 15) is 4.79 Å². The molecule has 0 aliphatic heterocycles. The highest BCUT2D eigenvalue weighted by Gasteiger charge is 2.11. The zero-order valence-electron chi connectivity index (χ0n) is 14.6. The van der Waals surface area contributed by atoms with Crippen molar-refractivity contribution in [2.75, 3.05) is 5.32 Å². The zero-order chi connectivity index (χ0) is 18.2. The maximum Gasteiger partial charge on any atom is 0.276 e. The molecule has 0 atom stereocenters. The fraction of sp³-hybridized carbons (Fsp3) is 0.143. The second kappa shape index (κ2) is 8.78. The van der Waals surface area contributed by atoms with Gasteiger partial charge in [0.05, 0.1) is 12.2 Å². The van der Waals surface area contributed by atoms with Gasteiger partial charge in [0.2, 0.25) is 0 Å². The molecule has 2 aromatic carbocycles. The second-order valence-electron chi connectivity index (χ2n) is 5.96. The average Bonchev–Trinajstić information content (AvgIpc) is 2.67. The van der Waals surface area contributed by atoms with Crippen LogP contribution in [0.4, 0.5) is 5.69 Å². The molecule has 5 heteroatoms. The fourth-order valence-corrected chi connectivity index (χ4v) is 2.58. The summed E-state index contributed by atoms with van der Waals surface area (Å²) in [6.45, 7) is 2.95. The Hall–Kier alpha value is -3.18. The van der Waals surface area contributed by atoms with E-state index in [-0.39, 0.29) is 5.91 Å². The molecule has 0 spiro atoms. The van der Waals surface area contributed by atoms with E-state index in [1.807, 2.05) is 61.5 Å². The van der Waals surface area contributed by atoms with Crippen molar-refractivity contribution in [2.45, 2.75) is 20.1 Å². The molecule has 1 aromatic heterocycles. The zero-order valence-corrected chi connectivity index (χ0v) is 14.6. The predicted molar refractivity (Wildman–Crippen MR) is 101 cm³/mol. The van der Waals surface area contributed by atoms with Crippen LogP contribution in [0.3, 0.4) is 0 Å². The van der Waals surface area contributed by atoms with Crippen molar-refractivity contribution in [2.24, 2.45) is 0 Å². The Morgan fingerprint density at radius 3 is 2.62 bits per heavy atom. The lowest BCUT2D eigenvalue weighted by molar-refractivity contribution is 0.0234. The minimum absolute atomic E-state index is 0.282. The number of rotatable bonds is 7. The maximum absolute atomic E-state index is 12.4. The summed E-state index contributed by atoms with van der Waals surface area (Å²) in [7, 11) is 0. The number of hydrogen-bond acceptors (Lipinski definition) is 4. The molecule has 3 aromatic rings. The van der Waals surface area contributed by atoms with E-state index in [2.05, 4.69) is 15.8 Å². The number of para-hydroxylation sites is 1. The van der Waals surface area contributed by atoms with Crippen LogP contribution in [-0.2, 0) is 18.0 Å². The average molecular weight is 347 g/mol. The number of hydroxylamine groups is 1. The number of anilines is 1. The molecule has 1 amide bonds. The molecule has 0 bridgehead atoms. The van der Waals surface area contributed by atoms with Gasteiger partial charge in [-0.15, -0.1) is 0 Å². The number of nitrogens with one attached hydrogen (secondary N) is 2. The van der Waals surface area contributed by atoms with E-state index in [0.29, 0.717) is 18.7 Å². The van der Waals surface area contributed by atoms with Gasteiger partial charge in [-0.05, 0) is 42.3 Å². The van der Waals surface area contributed by atoms with Gasteiger partial charge in [-0.3, -0.25) is 14.6 Å². The Balaban J connectivity index is 1.58. The molecule has 2 N–H and O–H groups in total. The van der Waals surface area contributed by atoms with Gasteiger partial charge in [0.15, 0.2) is 0 Å². The van der Waals surface area contributed by atoms with Gasteiger partial charge in [0.25, 0.3) is 5.91 Å². The second-order valence-corrected chi connectivity index (χ2v) is 5.96. The first-order valence-electron chi connectivity index (χ1n) is 8.42. The molecule has 132 valence electrons. The molecule has 5 nitrogen and oxygen atoms in total. The van der Waals surface area contributed by atoms with E-state index >= 15 is 0 Å². The molecule has 0 unspecified atom stereocenters. The van der Waals surface area contributed by atoms with Gasteiger partial charge in [-0.1, -0.05) is 42.0 Å². The molecular formula is C21H21N3O2. The van der Waals surface area contributed by atoms with Crippen molar-refractivity contribution in [3.05, 3.63) is 95.3 Å². The summed E-state index contributed by atoms with van der Waals surface area (Å²) in [4.78, 5) is 21.8. The highest BCUT2D eigenvalue weighted by atomic mass is 16.6. The lowest BCUT2D eigenvalue weighted by Crippen LogP contribution is -2.24. The van der Waals surface area contributed by atoms with Crippen LogP contribution in [0.1, 0.15) is 27.0 Å². The molecule has 0 aliphatic rings. The lowest BCUT2D eigenvalue weighted by Gasteiger charge is -2.12. The number of pyridine rings is 1. The molecular weight excluding hydrogens is 326 g/mol. The Labute approximate surface area is 153 Å². The Morgan fingerprint density at radius 2 is 1.81 bits per heavy atom. The third kappa shape index (κ3) is 4.91. The first kappa shape index (κ1) is 17.6. The standard InChI is InChI=1S/C21H21N3O2/c1-16-5-4-6-18(13-16)15-26-24-21(25)19-7-2-3-8-20(19)23-14-17-9-11-22-12-10-17/h2-13,23H,14-15H2,1H3,(H,24,25). The monoisotopic (exact) mass is 347 g/mol. The third-order valence-corrected chi connectivity index (χ3v) is 3.89. The minimum Gasteiger partial charge on any atom is -0.380 e. The summed E-state index contributed by atoms with van der Waals surface area (Å²) in [5.74, 6) is -0.282. The lowest BCUT2D eigenvalue weighted by atomic mass is 10.1. The summed E-state index contributed by atoms with van der Waals surface area (Å²) < 4.78 is 0. The van der Waals surface area contributed by atoms with Crippen LogP contribution in [0.2, 0.25) is 0 Å². The molecule has 3 rings (SSSR count). The summed E-state index contributed by atoms with van der Waals surface area (Å²) >= 11 is 0. The smallest absolute Gasteiger partial charge is 0.276 e. The van der Waals surface area contributed by atoms with Crippen LogP contribution in [0.15, 0.2) is 73.1 Å². The molecule has 26 heavy (non-hydrogen) atoms. The van der Waals surface area contributed by atoms with Gasteiger partial charge in [-0.2, -0.15) is 0 Å². The normalized spacial score (nSPS) is 10.3. The number of benzene rings is 2. The molecule has 0 saturated heterocycles. The molecule has 0 saturated carbocycles. The Morgan fingerprint density at radius 1 is 1.00 bits per heavy atom. The first-order chi connectivity index (χ1) is 12.7. The van der Waals surface area contributed by atoms with Crippen molar-refractivity contribution in [1.82, 2.24) is 10.5 Å². The molecule has 1 heterocycles. The van der Waals surface area contributed by atoms with Crippen molar-refractivity contribution in [3.8, 4) is 0 Å². The van der Waals surface area contributed by atoms with Crippen LogP contribution < -0.4 is 10.8 Å². The minimum atomic E-state index is -0.282. The number of nitrogens with zero attached hydrogens (tertiary/aromatic N) is 1. The number of aromatic nitrogens is 1. The van der Waals surface area contributed by atoms with E-state index in [1.54, 1.807) is 18.5 Å². The summed E-state index contributed by atoms with van der Waals surface area (Å²) in [5.41, 5.74) is 7.05. The van der Waals surface area contributed by atoms with E-state index < -0.39 is 0 Å². The van der Waals surface area contributed by atoms with Crippen LogP contribution in [0.5, 0.6) is 0 Å². The quantitative estimate of drug-likeness (QED) is 0.637. The van der Waals surface area contributed by atoms with Crippen molar-refractivity contribution in [1.29, 1.82) is 0 Å². The van der Waals surface area contributed by atoms with Gasteiger partial charge in [0, 0.05) is 24.6 Å². The van der Waals surface area contributed by atoms with Crippen LogP contribution in [0.25, 0.3) is 0 Å². The number of carbonyl (C=O) groups excluding carboxylic acids is 1. The largest absolute Gasteiger partial charge is 0.380 e. The SMILES string of the molecule is Cc1cccc(CONC(=O)c2ccccc2NCc2ccncc2)c1. The van der Waals surface area contributed by atoms with Crippen molar-refractivity contribution >= 4 is 11.6 Å². The Bertz CT molecular complexity index is 866. The highest BCUT2D eigenvalue weighted by molar-refractivity contribution is 5.98. The fourth-order valence-electron chi connectivity index (χ4n) is 2.58. The van der Waals surface area contributed by atoms with Gasteiger partial charge >= 0.3 is 0 Å². The van der Waals surface area contributed by atoms with Crippen molar-refractivity contribution < 1.29 is 9.63 Å². The Kier molecular flexibility index (Phi) is 5.96. The molecule has 0 radical (unpaired) electrons.